The molecule has 5 rings (SSSR count). The van der Waals surface area contributed by atoms with Gasteiger partial charge in [-0.1, -0.05) is 18.6 Å². The van der Waals surface area contributed by atoms with E-state index in [-0.39, 0.29) is 11.5 Å². The van der Waals surface area contributed by atoms with E-state index >= 15 is 0 Å². The monoisotopic (exact) mass is 409 g/mol. The van der Waals surface area contributed by atoms with E-state index in [1.165, 1.54) is 32.1 Å². The van der Waals surface area contributed by atoms with Crippen LogP contribution < -0.4 is 5.56 Å². The molecule has 160 valence electrons. The molecule has 2 aliphatic heterocycles. The van der Waals surface area contributed by atoms with Crippen LogP contribution in [0.15, 0.2) is 23.0 Å². The summed E-state index contributed by atoms with van der Waals surface area (Å²) in [6, 6.07) is 2.39. The van der Waals surface area contributed by atoms with Gasteiger partial charge in [-0.05, 0) is 44.6 Å². The average Bonchev–Trinajstić information content (AvgIpc) is 3.19. The van der Waals surface area contributed by atoms with E-state index in [4.69, 9.17) is 4.98 Å². The smallest absolute Gasteiger partial charge is 0.277 e. The van der Waals surface area contributed by atoms with Crippen LogP contribution in [-0.2, 0) is 17.8 Å². The minimum absolute atomic E-state index is 0.00715. The zero-order valence-corrected chi connectivity index (χ0v) is 17.8. The number of aromatic nitrogens is 3. The van der Waals surface area contributed by atoms with Crippen molar-refractivity contribution < 1.29 is 4.79 Å². The van der Waals surface area contributed by atoms with Gasteiger partial charge in [0, 0.05) is 32.5 Å². The van der Waals surface area contributed by atoms with Gasteiger partial charge in [-0.15, -0.1) is 0 Å². The fourth-order valence-electron chi connectivity index (χ4n) is 5.35. The molecule has 1 aliphatic carbocycles. The number of nitrogens with zero attached hydrogens (tertiary/aromatic N) is 4. The number of aromatic amines is 1. The number of rotatable bonds is 3. The number of carbonyl (C=O) groups is 1. The second-order valence-corrected chi connectivity index (χ2v) is 9.09. The highest BCUT2D eigenvalue weighted by molar-refractivity contribution is 5.73. The maximum atomic E-state index is 13.2. The lowest BCUT2D eigenvalue weighted by Gasteiger charge is -2.37. The van der Waals surface area contributed by atoms with Gasteiger partial charge in [0.15, 0.2) is 5.65 Å². The van der Waals surface area contributed by atoms with Gasteiger partial charge in [0.25, 0.3) is 5.56 Å². The van der Waals surface area contributed by atoms with Gasteiger partial charge in [0.1, 0.15) is 0 Å². The number of carbonyl (C=O) groups excluding carboxylic acids is 1. The number of H-pyrrole nitrogens is 1. The van der Waals surface area contributed by atoms with Gasteiger partial charge in [-0.25, -0.2) is 9.50 Å². The first-order chi connectivity index (χ1) is 14.6. The van der Waals surface area contributed by atoms with Crippen LogP contribution in [0.2, 0.25) is 0 Å². The summed E-state index contributed by atoms with van der Waals surface area (Å²) in [5, 5.41) is 3.38. The Hall–Kier alpha value is -2.41. The third-order valence-electron chi connectivity index (χ3n) is 7.07. The van der Waals surface area contributed by atoms with Crippen molar-refractivity contribution in [1.82, 2.24) is 24.4 Å². The molecule has 7 heteroatoms. The fraction of sp³-hybridized carbons (Fsp3) is 0.609. The quantitative estimate of drug-likeness (QED) is 0.791. The SMILES string of the molecule is CC(=O)N1CCc2nc3cc([C@H]4CCCCN4C[C@@H]4CC=CCC4)[nH]n3c(=O)c2C1. The molecule has 30 heavy (non-hydrogen) atoms. The lowest BCUT2D eigenvalue weighted by Crippen LogP contribution is -2.39. The molecule has 0 spiro atoms. The van der Waals surface area contributed by atoms with Crippen molar-refractivity contribution in [2.24, 2.45) is 5.92 Å². The second kappa shape index (κ2) is 8.02. The fourth-order valence-corrected chi connectivity index (χ4v) is 5.35. The molecule has 3 aliphatic rings. The summed E-state index contributed by atoms with van der Waals surface area (Å²) < 4.78 is 1.59. The molecule has 1 N–H and O–H groups in total. The van der Waals surface area contributed by atoms with Crippen LogP contribution in [0.25, 0.3) is 5.65 Å². The summed E-state index contributed by atoms with van der Waals surface area (Å²) in [6.07, 6.45) is 12.5. The predicted molar refractivity (Wildman–Crippen MR) is 115 cm³/mol. The van der Waals surface area contributed by atoms with Gasteiger partial charge in [-0.3, -0.25) is 19.6 Å². The summed E-state index contributed by atoms with van der Waals surface area (Å²) in [6.45, 7) is 4.79. The van der Waals surface area contributed by atoms with Gasteiger partial charge >= 0.3 is 0 Å². The van der Waals surface area contributed by atoms with Crippen LogP contribution >= 0.6 is 0 Å². The van der Waals surface area contributed by atoms with Gasteiger partial charge < -0.3 is 4.90 Å². The maximum absolute atomic E-state index is 13.2. The summed E-state index contributed by atoms with van der Waals surface area (Å²) in [5.74, 6) is 0.735. The summed E-state index contributed by atoms with van der Waals surface area (Å²) in [4.78, 5) is 34.1. The first-order valence-electron chi connectivity index (χ1n) is 11.4. The molecule has 1 amide bonds. The topological polar surface area (TPSA) is 73.7 Å². The Morgan fingerprint density at radius 3 is 2.93 bits per heavy atom. The van der Waals surface area contributed by atoms with E-state index in [9.17, 15) is 9.59 Å². The lowest BCUT2D eigenvalue weighted by atomic mass is 9.91. The van der Waals surface area contributed by atoms with Crippen LogP contribution in [0, 0.1) is 5.92 Å². The molecule has 0 radical (unpaired) electrons. The first kappa shape index (κ1) is 19.5. The highest BCUT2D eigenvalue weighted by Crippen LogP contribution is 2.33. The summed E-state index contributed by atoms with van der Waals surface area (Å²) in [7, 11) is 0. The Morgan fingerprint density at radius 2 is 2.13 bits per heavy atom. The Kier molecular flexibility index (Phi) is 5.23. The molecule has 1 saturated heterocycles. The Labute approximate surface area is 176 Å². The summed E-state index contributed by atoms with van der Waals surface area (Å²) >= 11 is 0. The normalized spacial score (nSPS) is 24.9. The van der Waals surface area contributed by atoms with Crippen molar-refractivity contribution in [3.63, 3.8) is 0 Å². The number of hydrogen-bond donors (Lipinski definition) is 1. The van der Waals surface area contributed by atoms with Crippen LogP contribution in [0.3, 0.4) is 0 Å². The van der Waals surface area contributed by atoms with Crippen LogP contribution in [-0.4, -0.2) is 49.9 Å². The van der Waals surface area contributed by atoms with E-state index in [0.29, 0.717) is 36.8 Å². The molecule has 2 aromatic rings. The van der Waals surface area contributed by atoms with Crippen molar-refractivity contribution in [1.29, 1.82) is 0 Å². The Balaban J connectivity index is 1.45. The average molecular weight is 410 g/mol. The molecular formula is C23H31N5O2. The Bertz CT molecular complexity index is 1040. The molecule has 2 atom stereocenters. The number of fused-ring (bicyclic) bond motifs is 2. The van der Waals surface area contributed by atoms with E-state index in [1.807, 2.05) is 0 Å². The zero-order valence-electron chi connectivity index (χ0n) is 17.8. The standard InChI is InChI=1S/C23H31N5O2/c1-16(29)26-12-10-19-18(15-26)23(30)28-22(24-19)13-20(25-28)21-9-5-6-11-27(21)14-17-7-3-2-4-8-17/h2-3,13,17,21,25H,4-12,14-15H2,1H3/t17-,21-/m1/s1. The number of allylic oxidation sites excluding steroid dienone is 2. The number of likely N-dealkylation sites (tertiary alicyclic amines) is 1. The summed E-state index contributed by atoms with van der Waals surface area (Å²) in [5.41, 5.74) is 3.23. The van der Waals surface area contributed by atoms with Gasteiger partial charge in [0.05, 0.1) is 29.5 Å². The van der Waals surface area contributed by atoms with E-state index in [2.05, 4.69) is 28.2 Å². The molecule has 1 fully saturated rings. The third-order valence-corrected chi connectivity index (χ3v) is 7.07. The molecular weight excluding hydrogens is 378 g/mol. The molecule has 0 bridgehead atoms. The Morgan fingerprint density at radius 1 is 1.23 bits per heavy atom. The number of piperidine rings is 1. The van der Waals surface area contributed by atoms with Gasteiger partial charge in [0.2, 0.25) is 5.91 Å². The maximum Gasteiger partial charge on any atom is 0.277 e. The highest BCUT2D eigenvalue weighted by atomic mass is 16.2. The van der Waals surface area contributed by atoms with Crippen molar-refractivity contribution in [3.8, 4) is 0 Å². The predicted octanol–water partition coefficient (Wildman–Crippen LogP) is 2.81. The van der Waals surface area contributed by atoms with Crippen molar-refractivity contribution in [2.45, 2.75) is 64.5 Å². The van der Waals surface area contributed by atoms with E-state index in [0.717, 1.165) is 36.8 Å². The van der Waals surface area contributed by atoms with Crippen LogP contribution in [0.1, 0.15) is 68.4 Å². The molecule has 0 saturated carbocycles. The lowest BCUT2D eigenvalue weighted by molar-refractivity contribution is -0.129. The van der Waals surface area contributed by atoms with Crippen molar-refractivity contribution in [3.05, 3.63) is 45.5 Å². The molecule has 2 aromatic heterocycles. The largest absolute Gasteiger partial charge is 0.338 e. The van der Waals surface area contributed by atoms with E-state index in [1.54, 1.807) is 16.3 Å². The minimum atomic E-state index is -0.0630. The number of amides is 1. The second-order valence-electron chi connectivity index (χ2n) is 9.09. The molecule has 0 aromatic carbocycles. The highest BCUT2D eigenvalue weighted by Gasteiger charge is 2.29. The number of hydrogen-bond acceptors (Lipinski definition) is 4. The van der Waals surface area contributed by atoms with Gasteiger partial charge in [-0.2, -0.15) is 0 Å². The molecule has 0 unspecified atom stereocenters. The number of nitrogens with one attached hydrogen (secondary N) is 1. The third kappa shape index (κ3) is 3.60. The van der Waals surface area contributed by atoms with Crippen molar-refractivity contribution >= 4 is 11.6 Å². The zero-order chi connectivity index (χ0) is 20.7. The molecule has 7 nitrogen and oxygen atoms in total. The molecule has 4 heterocycles. The van der Waals surface area contributed by atoms with Crippen LogP contribution in [0.4, 0.5) is 0 Å². The van der Waals surface area contributed by atoms with E-state index < -0.39 is 0 Å². The minimum Gasteiger partial charge on any atom is -0.338 e. The first-order valence-corrected chi connectivity index (χ1v) is 11.4. The van der Waals surface area contributed by atoms with Crippen LogP contribution in [0.5, 0.6) is 0 Å². The van der Waals surface area contributed by atoms with Crippen molar-refractivity contribution in [2.75, 3.05) is 19.6 Å².